The number of primary amides is 2. The summed E-state index contributed by atoms with van der Waals surface area (Å²) in [6.07, 6.45) is -5.76. The second-order valence-corrected chi connectivity index (χ2v) is 15.8. The third-order valence-electron chi connectivity index (χ3n) is 9.87. The largest absolute Gasteiger partial charge is 0.481 e. The van der Waals surface area contributed by atoms with E-state index < -0.39 is 214 Å². The van der Waals surface area contributed by atoms with E-state index in [9.17, 15) is 92.7 Å². The molecule has 0 radical (unpaired) electrons. The maximum absolute atomic E-state index is 13.6. The standard InChI is InChI=1S/C38H61N11O20S/c1-3-15(2)29(49-30(60)16(39)12-50)37(67)44-19(6-9-26(54)55)31(61)42-18(5-8-25(41)53)33(63)47-22(13-51)35(65)48-23(14-70)36(66)45-20(10-27(56)57)34(64)43-17(4-7-24(40)52)32(62)46-21(38(68)69)11-28(58)59/h15-23,29,50-51,70H,3-14,39H2,1-2H3,(H2,40,52)(H2,41,53)(H,42,61)(H,43,64)(H,44,67)(H,45,66)(H,46,62)(H,47,63)(H,48,65)(H,49,60)(H,54,55)(H,56,57)(H,58,59)(H,68,69)/t15-,16-,17-,18-,19-,20-,21-,22-,23-,29-/m0/s1. The first-order valence-electron chi connectivity index (χ1n) is 21.1. The molecule has 0 aromatic heterocycles. The highest BCUT2D eigenvalue weighted by atomic mass is 32.1. The second kappa shape index (κ2) is 31.8. The van der Waals surface area contributed by atoms with Gasteiger partial charge in [-0.3, -0.25) is 62.3 Å². The van der Waals surface area contributed by atoms with Crippen molar-refractivity contribution in [3.8, 4) is 0 Å². The third-order valence-corrected chi connectivity index (χ3v) is 10.2. The average Bonchev–Trinajstić information content (AvgIpc) is 3.28. The Kier molecular flexibility index (Phi) is 28.5. The van der Waals surface area contributed by atoms with Crippen molar-refractivity contribution in [3.63, 3.8) is 0 Å². The van der Waals surface area contributed by atoms with E-state index in [-0.39, 0.29) is 6.42 Å². The van der Waals surface area contributed by atoms with Gasteiger partial charge < -0.3 is 90.4 Å². The number of nitrogens with one attached hydrogen (secondary N) is 8. The molecule has 0 saturated carbocycles. The van der Waals surface area contributed by atoms with Gasteiger partial charge in [0.15, 0.2) is 0 Å². The van der Waals surface area contributed by atoms with Gasteiger partial charge in [-0.1, -0.05) is 20.3 Å². The molecule has 394 valence electrons. The zero-order valence-corrected chi connectivity index (χ0v) is 38.7. The fourth-order valence-electron chi connectivity index (χ4n) is 5.73. The molecule has 0 fully saturated rings. The van der Waals surface area contributed by atoms with Crippen LogP contribution in [0.4, 0.5) is 0 Å². The molecule has 31 nitrogen and oxygen atoms in total. The summed E-state index contributed by atoms with van der Waals surface area (Å²) in [7, 11) is 0. The Bertz CT molecular complexity index is 1940. The first kappa shape index (κ1) is 62.8. The molecule has 20 N–H and O–H groups in total. The van der Waals surface area contributed by atoms with Gasteiger partial charge in [0.05, 0.1) is 26.1 Å². The number of aliphatic carboxylic acids is 4. The SMILES string of the molecule is CC[C@H](C)[C@H](NC(=O)[C@@H](N)CO)C(=O)N[C@@H](CCC(=O)O)C(=O)N[C@@H](CCC(N)=O)C(=O)N[C@@H](CO)C(=O)N[C@@H](CS)C(=O)N[C@@H](CC(=O)O)C(=O)N[C@@H](CCC(N)=O)C(=O)N[C@@H](CC(=O)O)C(=O)O. The van der Waals surface area contributed by atoms with Gasteiger partial charge in [0.25, 0.3) is 0 Å². The molecule has 0 saturated heterocycles. The van der Waals surface area contributed by atoms with Crippen molar-refractivity contribution >= 4 is 95.6 Å². The molecule has 0 aliphatic rings. The molecule has 32 heteroatoms. The van der Waals surface area contributed by atoms with E-state index in [0.717, 1.165) is 0 Å². The van der Waals surface area contributed by atoms with Crippen molar-refractivity contribution < 1.29 is 97.8 Å². The molecule has 10 atom stereocenters. The van der Waals surface area contributed by atoms with Crippen molar-refractivity contribution in [3.05, 3.63) is 0 Å². The van der Waals surface area contributed by atoms with E-state index in [4.69, 9.17) is 22.3 Å². The van der Waals surface area contributed by atoms with Crippen molar-refractivity contribution in [2.24, 2.45) is 23.1 Å². The van der Waals surface area contributed by atoms with Gasteiger partial charge in [0.2, 0.25) is 59.1 Å². The number of carbonyl (C=O) groups excluding carboxylic acids is 10. The number of thiol groups is 1. The molecular formula is C38H61N11O20S. The van der Waals surface area contributed by atoms with Crippen LogP contribution in [0.25, 0.3) is 0 Å². The number of hydrogen-bond acceptors (Lipinski definition) is 18. The van der Waals surface area contributed by atoms with Crippen molar-refractivity contribution in [2.45, 2.75) is 126 Å². The molecular weight excluding hydrogens is 963 g/mol. The quantitative estimate of drug-likeness (QED) is 0.0262. The second-order valence-electron chi connectivity index (χ2n) is 15.4. The molecule has 0 aliphatic carbocycles. The summed E-state index contributed by atoms with van der Waals surface area (Å²) in [5.41, 5.74) is 15.9. The maximum Gasteiger partial charge on any atom is 0.326 e. The van der Waals surface area contributed by atoms with Gasteiger partial charge >= 0.3 is 23.9 Å². The first-order chi connectivity index (χ1) is 32.6. The van der Waals surface area contributed by atoms with E-state index in [2.05, 4.69) is 39.2 Å². The highest BCUT2D eigenvalue weighted by Crippen LogP contribution is 2.11. The lowest BCUT2D eigenvalue weighted by atomic mass is 9.97. The number of carboxylic acid groups (broad SMARTS) is 4. The van der Waals surface area contributed by atoms with Crippen LogP contribution in [0.15, 0.2) is 0 Å². The van der Waals surface area contributed by atoms with Gasteiger partial charge in [-0.15, -0.1) is 0 Å². The average molecular weight is 1020 g/mol. The summed E-state index contributed by atoms with van der Waals surface area (Å²) in [6.45, 7) is 1.20. The molecule has 0 aromatic rings. The van der Waals surface area contributed by atoms with Crippen LogP contribution >= 0.6 is 12.6 Å². The maximum atomic E-state index is 13.6. The van der Waals surface area contributed by atoms with Crippen molar-refractivity contribution in [1.82, 2.24) is 42.5 Å². The fraction of sp³-hybridized carbons (Fsp3) is 0.632. The summed E-state index contributed by atoms with van der Waals surface area (Å²) in [4.78, 5) is 175. The van der Waals surface area contributed by atoms with Gasteiger partial charge in [-0.05, 0) is 25.2 Å². The number of carbonyl (C=O) groups is 14. The summed E-state index contributed by atoms with van der Waals surface area (Å²) >= 11 is 3.97. The molecule has 0 bridgehead atoms. The Hall–Kier alpha value is -7.19. The normalized spacial score (nSPS) is 15.1. The highest BCUT2D eigenvalue weighted by Gasteiger charge is 2.36. The summed E-state index contributed by atoms with van der Waals surface area (Å²) in [6, 6.07) is -16.1. The van der Waals surface area contributed by atoms with Crippen LogP contribution in [0.3, 0.4) is 0 Å². The lowest BCUT2D eigenvalue weighted by molar-refractivity contribution is -0.147. The van der Waals surface area contributed by atoms with Crippen LogP contribution in [0.2, 0.25) is 0 Å². The lowest BCUT2D eigenvalue weighted by Crippen LogP contribution is -2.61. The van der Waals surface area contributed by atoms with E-state index in [0.29, 0.717) is 0 Å². The van der Waals surface area contributed by atoms with Crippen LogP contribution in [0, 0.1) is 5.92 Å². The number of carboxylic acids is 4. The van der Waals surface area contributed by atoms with Crippen LogP contribution in [0.1, 0.15) is 71.6 Å². The smallest absolute Gasteiger partial charge is 0.326 e. The van der Waals surface area contributed by atoms with Crippen LogP contribution in [-0.2, 0) is 67.1 Å². The molecule has 0 heterocycles. The van der Waals surface area contributed by atoms with Gasteiger partial charge in [0, 0.05) is 25.0 Å². The van der Waals surface area contributed by atoms with Gasteiger partial charge in [-0.2, -0.15) is 12.6 Å². The first-order valence-corrected chi connectivity index (χ1v) is 21.7. The Labute approximate surface area is 403 Å². The van der Waals surface area contributed by atoms with Crippen LogP contribution < -0.4 is 59.7 Å². The Balaban J connectivity index is 6.44. The predicted molar refractivity (Wildman–Crippen MR) is 237 cm³/mol. The van der Waals surface area contributed by atoms with E-state index in [1.54, 1.807) is 13.8 Å². The number of hydrogen-bond donors (Lipinski definition) is 18. The number of aliphatic hydroxyl groups excluding tert-OH is 2. The summed E-state index contributed by atoms with van der Waals surface area (Å²) in [5, 5.41) is 73.4. The topological polar surface area (TPSA) is 535 Å². The van der Waals surface area contributed by atoms with E-state index in [1.165, 1.54) is 0 Å². The number of aliphatic hydroxyl groups is 2. The lowest BCUT2D eigenvalue weighted by Gasteiger charge is -2.28. The Morgan fingerprint density at radius 3 is 1.20 bits per heavy atom. The van der Waals surface area contributed by atoms with Gasteiger partial charge in [0.1, 0.15) is 54.4 Å². The minimum atomic E-state index is -2.08. The molecule has 0 aromatic carbocycles. The van der Waals surface area contributed by atoms with Crippen molar-refractivity contribution in [1.29, 1.82) is 0 Å². The van der Waals surface area contributed by atoms with Gasteiger partial charge in [-0.25, -0.2) is 4.79 Å². The minimum absolute atomic E-state index is 0.289. The summed E-state index contributed by atoms with van der Waals surface area (Å²) in [5.74, 6) is -19.7. The molecule has 0 unspecified atom stereocenters. The van der Waals surface area contributed by atoms with Crippen LogP contribution in [0.5, 0.6) is 0 Å². The fourth-order valence-corrected chi connectivity index (χ4v) is 5.99. The Morgan fingerprint density at radius 2 is 0.814 bits per heavy atom. The summed E-state index contributed by atoms with van der Waals surface area (Å²) < 4.78 is 0. The molecule has 0 aliphatic heterocycles. The molecule has 70 heavy (non-hydrogen) atoms. The predicted octanol–water partition coefficient (Wildman–Crippen LogP) is -8.42. The van der Waals surface area contributed by atoms with E-state index in [1.807, 2.05) is 16.0 Å². The van der Waals surface area contributed by atoms with Crippen LogP contribution in [-0.4, -0.2) is 187 Å². The number of amides is 10. The third kappa shape index (κ3) is 23.7. The Morgan fingerprint density at radius 1 is 0.457 bits per heavy atom. The molecule has 0 rings (SSSR count). The molecule has 10 amide bonds. The molecule has 0 spiro atoms. The monoisotopic (exact) mass is 1020 g/mol. The van der Waals surface area contributed by atoms with E-state index >= 15 is 0 Å². The zero-order valence-electron chi connectivity index (χ0n) is 37.8. The number of nitrogens with two attached hydrogens (primary N) is 3. The number of rotatable bonds is 35. The highest BCUT2D eigenvalue weighted by molar-refractivity contribution is 7.80. The zero-order chi connectivity index (χ0) is 54.0. The van der Waals surface area contributed by atoms with Crippen molar-refractivity contribution in [2.75, 3.05) is 19.0 Å². The minimum Gasteiger partial charge on any atom is -0.481 e.